The molecule has 2 aromatic heterocycles. The van der Waals surface area contributed by atoms with Gasteiger partial charge >= 0.3 is 5.97 Å². The minimum absolute atomic E-state index is 0.00426. The van der Waals surface area contributed by atoms with Crippen LogP contribution in [-0.2, 0) is 6.54 Å². The zero-order valence-corrected chi connectivity index (χ0v) is 8.45. The van der Waals surface area contributed by atoms with E-state index in [0.717, 1.165) is 0 Å². The fourth-order valence-corrected chi connectivity index (χ4v) is 2.07. The molecule has 0 aliphatic heterocycles. The van der Waals surface area contributed by atoms with Crippen LogP contribution in [0, 0.1) is 0 Å². The van der Waals surface area contributed by atoms with Crippen LogP contribution in [-0.4, -0.2) is 16.1 Å². The Labute approximate surface area is 89.2 Å². The Morgan fingerprint density at radius 2 is 2.47 bits per heavy atom. The number of thiazole rings is 1. The number of carboxylic acids is 1. The molecule has 2 rings (SSSR count). The predicted octanol–water partition coefficient (Wildman–Crippen LogP) is 1.56. The Morgan fingerprint density at radius 1 is 1.67 bits per heavy atom. The van der Waals surface area contributed by atoms with Crippen molar-refractivity contribution in [2.75, 3.05) is 0 Å². The number of furan rings is 1. The van der Waals surface area contributed by atoms with Gasteiger partial charge in [0.15, 0.2) is 5.69 Å². The highest BCUT2D eigenvalue weighted by Gasteiger charge is 2.19. The number of rotatable bonds is 3. The van der Waals surface area contributed by atoms with Gasteiger partial charge in [0, 0.05) is 6.54 Å². The summed E-state index contributed by atoms with van der Waals surface area (Å²) in [5.74, 6) is -0.568. The maximum atomic E-state index is 10.9. The van der Waals surface area contributed by atoms with Crippen LogP contribution in [0.5, 0.6) is 0 Å². The third kappa shape index (κ3) is 1.77. The lowest BCUT2D eigenvalue weighted by molar-refractivity contribution is 0.0692. The molecule has 0 spiro atoms. The molecule has 0 saturated carbocycles. The van der Waals surface area contributed by atoms with Crippen LogP contribution < -0.4 is 5.73 Å². The zero-order valence-electron chi connectivity index (χ0n) is 7.64. The molecule has 0 aromatic carbocycles. The van der Waals surface area contributed by atoms with Crippen LogP contribution in [0.2, 0.25) is 0 Å². The van der Waals surface area contributed by atoms with E-state index in [1.807, 2.05) is 0 Å². The van der Waals surface area contributed by atoms with Crippen LogP contribution in [0.4, 0.5) is 0 Å². The molecule has 0 atom stereocenters. The highest BCUT2D eigenvalue weighted by atomic mass is 32.1. The summed E-state index contributed by atoms with van der Waals surface area (Å²) < 4.78 is 5.13. The molecule has 3 N–H and O–H groups in total. The van der Waals surface area contributed by atoms with Gasteiger partial charge in [-0.25, -0.2) is 9.78 Å². The molecule has 6 heteroatoms. The van der Waals surface area contributed by atoms with Crippen LogP contribution in [0.15, 0.2) is 22.8 Å². The van der Waals surface area contributed by atoms with Crippen molar-refractivity contribution in [3.8, 4) is 10.6 Å². The fraction of sp³-hybridized carbons (Fsp3) is 0.111. The summed E-state index contributed by atoms with van der Waals surface area (Å²) in [5.41, 5.74) is 5.41. The standard InChI is InChI=1S/C9H8N2O3S/c10-4-6-11-7(9(12)13)8(15-6)5-2-1-3-14-5/h1-3H,4,10H2,(H,12,13). The van der Waals surface area contributed by atoms with Gasteiger partial charge in [-0.05, 0) is 12.1 Å². The lowest BCUT2D eigenvalue weighted by Gasteiger charge is -1.91. The van der Waals surface area contributed by atoms with Gasteiger partial charge < -0.3 is 15.3 Å². The normalized spacial score (nSPS) is 10.5. The van der Waals surface area contributed by atoms with Gasteiger partial charge in [0.25, 0.3) is 0 Å². The quantitative estimate of drug-likeness (QED) is 0.825. The molecule has 0 unspecified atom stereocenters. The smallest absolute Gasteiger partial charge is 0.356 e. The monoisotopic (exact) mass is 224 g/mol. The first-order valence-corrected chi connectivity index (χ1v) is 5.01. The number of carbonyl (C=O) groups is 1. The van der Waals surface area contributed by atoms with Gasteiger partial charge in [-0.2, -0.15) is 0 Å². The van der Waals surface area contributed by atoms with Crippen molar-refractivity contribution in [3.63, 3.8) is 0 Å². The molecular weight excluding hydrogens is 216 g/mol. The second-order valence-corrected chi connectivity index (χ2v) is 3.86. The number of hydrogen-bond donors (Lipinski definition) is 2. The third-order valence-electron chi connectivity index (χ3n) is 1.79. The number of aromatic carboxylic acids is 1. The van der Waals surface area contributed by atoms with Gasteiger partial charge in [0.2, 0.25) is 0 Å². The van der Waals surface area contributed by atoms with E-state index in [4.69, 9.17) is 15.3 Å². The Morgan fingerprint density at radius 3 is 3.00 bits per heavy atom. The highest BCUT2D eigenvalue weighted by molar-refractivity contribution is 7.15. The fourth-order valence-electron chi connectivity index (χ4n) is 1.17. The van der Waals surface area contributed by atoms with E-state index in [-0.39, 0.29) is 12.2 Å². The zero-order chi connectivity index (χ0) is 10.8. The Balaban J connectivity index is 2.54. The molecular formula is C9H8N2O3S. The summed E-state index contributed by atoms with van der Waals surface area (Å²) in [7, 11) is 0. The maximum absolute atomic E-state index is 10.9. The Kier molecular flexibility index (Phi) is 2.53. The summed E-state index contributed by atoms with van der Waals surface area (Å²) in [6.07, 6.45) is 1.49. The number of nitrogens with two attached hydrogens (primary N) is 1. The summed E-state index contributed by atoms with van der Waals surface area (Å²) in [6, 6.07) is 3.39. The molecule has 2 aromatic rings. The maximum Gasteiger partial charge on any atom is 0.356 e. The van der Waals surface area contributed by atoms with Crippen LogP contribution in [0.3, 0.4) is 0 Å². The second-order valence-electron chi connectivity index (χ2n) is 2.77. The third-order valence-corrected chi connectivity index (χ3v) is 2.89. The van der Waals surface area contributed by atoms with Crippen molar-refractivity contribution in [2.45, 2.75) is 6.54 Å². The molecule has 0 aliphatic rings. The molecule has 5 nitrogen and oxygen atoms in total. The van der Waals surface area contributed by atoms with Gasteiger partial charge in [-0.3, -0.25) is 0 Å². The SMILES string of the molecule is NCc1nc(C(=O)O)c(-c2ccco2)s1. The van der Waals surface area contributed by atoms with Crippen LogP contribution in [0.1, 0.15) is 15.5 Å². The summed E-state index contributed by atoms with van der Waals surface area (Å²) in [5, 5.41) is 9.52. The number of hydrogen-bond acceptors (Lipinski definition) is 5. The molecule has 78 valence electrons. The largest absolute Gasteiger partial charge is 0.476 e. The molecule has 0 amide bonds. The molecule has 2 heterocycles. The molecule has 0 fully saturated rings. The molecule has 0 radical (unpaired) electrons. The van der Waals surface area contributed by atoms with Crippen molar-refractivity contribution in [2.24, 2.45) is 5.73 Å². The van der Waals surface area contributed by atoms with Crippen molar-refractivity contribution in [1.29, 1.82) is 0 Å². The average Bonchev–Trinajstić information content (AvgIpc) is 2.86. The first-order valence-electron chi connectivity index (χ1n) is 4.19. The Bertz CT molecular complexity index is 476. The number of carboxylic acid groups (broad SMARTS) is 1. The van der Waals surface area contributed by atoms with E-state index in [1.54, 1.807) is 12.1 Å². The molecule has 15 heavy (non-hydrogen) atoms. The van der Waals surface area contributed by atoms with Gasteiger partial charge in [0.1, 0.15) is 15.6 Å². The Hall–Kier alpha value is -1.66. The van der Waals surface area contributed by atoms with Crippen molar-refractivity contribution in [1.82, 2.24) is 4.98 Å². The lowest BCUT2D eigenvalue weighted by atomic mass is 10.3. The topological polar surface area (TPSA) is 89.3 Å². The van der Waals surface area contributed by atoms with E-state index in [9.17, 15) is 4.79 Å². The van der Waals surface area contributed by atoms with E-state index in [1.165, 1.54) is 17.6 Å². The number of nitrogens with zero attached hydrogens (tertiary/aromatic N) is 1. The van der Waals surface area contributed by atoms with E-state index in [2.05, 4.69) is 4.98 Å². The van der Waals surface area contributed by atoms with Gasteiger partial charge in [0.05, 0.1) is 6.26 Å². The number of aromatic nitrogens is 1. The van der Waals surface area contributed by atoms with Gasteiger partial charge in [-0.1, -0.05) is 0 Å². The van der Waals surface area contributed by atoms with E-state index < -0.39 is 5.97 Å². The summed E-state index contributed by atoms with van der Waals surface area (Å²) >= 11 is 1.23. The second kappa shape index (κ2) is 3.84. The van der Waals surface area contributed by atoms with E-state index in [0.29, 0.717) is 15.6 Å². The predicted molar refractivity (Wildman–Crippen MR) is 54.7 cm³/mol. The first-order chi connectivity index (χ1) is 7.22. The average molecular weight is 224 g/mol. The van der Waals surface area contributed by atoms with Crippen LogP contribution >= 0.6 is 11.3 Å². The summed E-state index contributed by atoms with van der Waals surface area (Å²) in [4.78, 5) is 15.3. The molecule has 0 bridgehead atoms. The minimum Gasteiger partial charge on any atom is -0.476 e. The lowest BCUT2D eigenvalue weighted by Crippen LogP contribution is -2.00. The molecule has 0 saturated heterocycles. The summed E-state index contributed by atoms with van der Waals surface area (Å²) in [6.45, 7) is 0.228. The van der Waals surface area contributed by atoms with Crippen molar-refractivity contribution in [3.05, 3.63) is 29.1 Å². The van der Waals surface area contributed by atoms with Crippen LogP contribution in [0.25, 0.3) is 10.6 Å². The highest BCUT2D eigenvalue weighted by Crippen LogP contribution is 2.30. The van der Waals surface area contributed by atoms with Crippen molar-refractivity contribution >= 4 is 17.3 Å². The van der Waals surface area contributed by atoms with Gasteiger partial charge in [-0.15, -0.1) is 11.3 Å². The van der Waals surface area contributed by atoms with E-state index >= 15 is 0 Å². The first kappa shape index (κ1) is 9.88. The molecule has 0 aliphatic carbocycles. The minimum atomic E-state index is -1.07. The van der Waals surface area contributed by atoms with Crippen molar-refractivity contribution < 1.29 is 14.3 Å².